The summed E-state index contributed by atoms with van der Waals surface area (Å²) in [5.41, 5.74) is 6.26. The summed E-state index contributed by atoms with van der Waals surface area (Å²) in [7, 11) is 1.45. The van der Waals surface area contributed by atoms with Gasteiger partial charge in [-0.3, -0.25) is 4.98 Å². The van der Waals surface area contributed by atoms with Gasteiger partial charge < -0.3 is 10.5 Å². The van der Waals surface area contributed by atoms with Gasteiger partial charge in [-0.1, -0.05) is 0 Å². The molecule has 2 aromatic rings. The van der Waals surface area contributed by atoms with Gasteiger partial charge in [0, 0.05) is 6.20 Å². The van der Waals surface area contributed by atoms with Gasteiger partial charge in [0.2, 0.25) is 0 Å². The van der Waals surface area contributed by atoms with E-state index in [9.17, 15) is 4.39 Å². The molecule has 1 aromatic carbocycles. The molecule has 5 heteroatoms. The van der Waals surface area contributed by atoms with Crippen LogP contribution in [0.4, 0.5) is 10.1 Å². The molecular weight excluding hydrogens is 209 g/mol. The van der Waals surface area contributed by atoms with E-state index in [4.69, 9.17) is 15.7 Å². The fourth-order valence-corrected chi connectivity index (χ4v) is 1.53. The largest absolute Gasteiger partial charge is 0.496 e. The molecule has 0 amide bonds. The van der Waals surface area contributed by atoms with E-state index in [0.717, 1.165) is 0 Å². The van der Waals surface area contributed by atoms with Crippen LogP contribution in [-0.4, -0.2) is 12.1 Å². The SMILES string of the molecule is COc1ccc(F)c2ncc(C#N)c(N)c12. The molecule has 0 atom stereocenters. The van der Waals surface area contributed by atoms with Crippen LogP contribution in [0.5, 0.6) is 5.75 Å². The Morgan fingerprint density at radius 2 is 2.25 bits per heavy atom. The lowest BCUT2D eigenvalue weighted by Crippen LogP contribution is -1.98. The van der Waals surface area contributed by atoms with Crippen LogP contribution in [0.2, 0.25) is 0 Å². The summed E-state index contributed by atoms with van der Waals surface area (Å²) in [6.07, 6.45) is 1.25. The zero-order valence-electron chi connectivity index (χ0n) is 8.49. The van der Waals surface area contributed by atoms with Crippen molar-refractivity contribution in [3.05, 3.63) is 29.7 Å². The minimum atomic E-state index is -0.494. The van der Waals surface area contributed by atoms with Gasteiger partial charge >= 0.3 is 0 Å². The van der Waals surface area contributed by atoms with Crippen molar-refractivity contribution in [3.63, 3.8) is 0 Å². The van der Waals surface area contributed by atoms with Crippen molar-refractivity contribution in [2.45, 2.75) is 0 Å². The molecule has 0 aliphatic heterocycles. The zero-order chi connectivity index (χ0) is 11.7. The first-order valence-corrected chi connectivity index (χ1v) is 4.49. The molecule has 0 spiro atoms. The molecule has 1 heterocycles. The maximum absolute atomic E-state index is 13.5. The summed E-state index contributed by atoms with van der Waals surface area (Å²) in [4.78, 5) is 3.86. The lowest BCUT2D eigenvalue weighted by molar-refractivity contribution is 0.419. The highest BCUT2D eigenvalue weighted by atomic mass is 19.1. The third-order valence-electron chi connectivity index (χ3n) is 2.31. The van der Waals surface area contributed by atoms with Crippen LogP contribution in [0.25, 0.3) is 10.9 Å². The molecular formula is C11H8FN3O. The Labute approximate surface area is 91.1 Å². The van der Waals surface area contributed by atoms with Crippen molar-refractivity contribution < 1.29 is 9.13 Å². The first-order chi connectivity index (χ1) is 7.69. The molecule has 0 aliphatic carbocycles. The second-order valence-electron chi connectivity index (χ2n) is 3.17. The summed E-state index contributed by atoms with van der Waals surface area (Å²) in [6, 6.07) is 4.60. The molecule has 0 bridgehead atoms. The summed E-state index contributed by atoms with van der Waals surface area (Å²) in [6.45, 7) is 0. The Bertz CT molecular complexity index is 604. The monoisotopic (exact) mass is 217 g/mol. The predicted molar refractivity (Wildman–Crippen MR) is 57.4 cm³/mol. The number of nitrogens with two attached hydrogens (primary N) is 1. The molecule has 0 saturated carbocycles. The van der Waals surface area contributed by atoms with Crippen LogP contribution in [0.3, 0.4) is 0 Å². The second kappa shape index (κ2) is 3.66. The number of methoxy groups -OCH3 is 1. The number of ether oxygens (including phenoxy) is 1. The molecule has 0 fully saturated rings. The van der Waals surface area contributed by atoms with Gasteiger partial charge in [0.1, 0.15) is 23.2 Å². The smallest absolute Gasteiger partial charge is 0.149 e. The Morgan fingerprint density at radius 1 is 1.50 bits per heavy atom. The van der Waals surface area contributed by atoms with Crippen molar-refractivity contribution in [1.29, 1.82) is 5.26 Å². The topological polar surface area (TPSA) is 71.9 Å². The van der Waals surface area contributed by atoms with E-state index in [0.29, 0.717) is 11.1 Å². The Balaban J connectivity index is 2.96. The van der Waals surface area contributed by atoms with Crippen molar-refractivity contribution in [2.75, 3.05) is 12.8 Å². The van der Waals surface area contributed by atoms with E-state index < -0.39 is 5.82 Å². The van der Waals surface area contributed by atoms with Gasteiger partial charge in [-0.15, -0.1) is 0 Å². The highest BCUT2D eigenvalue weighted by Gasteiger charge is 2.13. The number of aromatic nitrogens is 1. The van der Waals surface area contributed by atoms with Crippen LogP contribution in [0.15, 0.2) is 18.3 Å². The number of fused-ring (bicyclic) bond motifs is 1. The van der Waals surface area contributed by atoms with Gasteiger partial charge in [0.05, 0.1) is 23.7 Å². The minimum Gasteiger partial charge on any atom is -0.496 e. The third kappa shape index (κ3) is 1.32. The molecule has 0 radical (unpaired) electrons. The number of anilines is 1. The first kappa shape index (κ1) is 10.2. The highest BCUT2D eigenvalue weighted by molar-refractivity contribution is 5.97. The maximum atomic E-state index is 13.5. The van der Waals surface area contributed by atoms with E-state index in [1.54, 1.807) is 0 Å². The molecule has 2 rings (SSSR count). The van der Waals surface area contributed by atoms with Crippen molar-refractivity contribution >= 4 is 16.6 Å². The molecule has 0 saturated heterocycles. The van der Waals surface area contributed by atoms with E-state index in [2.05, 4.69) is 4.98 Å². The molecule has 4 nitrogen and oxygen atoms in total. The number of halogens is 1. The number of nitrogen functional groups attached to an aromatic ring is 1. The van der Waals surface area contributed by atoms with Gasteiger partial charge in [0.25, 0.3) is 0 Å². The summed E-state index contributed by atoms with van der Waals surface area (Å²) in [5, 5.41) is 9.14. The molecule has 0 aliphatic rings. The number of hydrogen-bond donors (Lipinski definition) is 1. The normalized spacial score (nSPS) is 10.1. The van der Waals surface area contributed by atoms with Crippen LogP contribution >= 0.6 is 0 Å². The third-order valence-corrected chi connectivity index (χ3v) is 2.31. The quantitative estimate of drug-likeness (QED) is 0.791. The standard InChI is InChI=1S/C11H8FN3O/c1-16-8-3-2-7(12)11-9(8)10(14)6(4-13)5-15-11/h2-3,5H,1H3,(H2,14,15). The van der Waals surface area contributed by atoms with Gasteiger partial charge in [-0.2, -0.15) is 5.26 Å². The molecule has 1 aromatic heterocycles. The maximum Gasteiger partial charge on any atom is 0.149 e. The lowest BCUT2D eigenvalue weighted by Gasteiger charge is -2.08. The molecule has 16 heavy (non-hydrogen) atoms. The van der Waals surface area contributed by atoms with Gasteiger partial charge in [0.15, 0.2) is 0 Å². The predicted octanol–water partition coefficient (Wildman–Crippen LogP) is 1.84. The Hall–Kier alpha value is -2.35. The summed E-state index contributed by atoms with van der Waals surface area (Å²) in [5.74, 6) is -0.0921. The lowest BCUT2D eigenvalue weighted by atomic mass is 10.1. The van der Waals surface area contributed by atoms with Crippen molar-refractivity contribution in [1.82, 2.24) is 4.98 Å². The number of rotatable bonds is 1. The summed E-state index contributed by atoms with van der Waals surface area (Å²) < 4.78 is 18.5. The zero-order valence-corrected chi connectivity index (χ0v) is 8.49. The average molecular weight is 217 g/mol. The molecule has 80 valence electrons. The number of hydrogen-bond acceptors (Lipinski definition) is 4. The molecule has 0 unspecified atom stereocenters. The van der Waals surface area contributed by atoms with E-state index in [1.807, 2.05) is 6.07 Å². The number of nitrogens with zero attached hydrogens (tertiary/aromatic N) is 2. The highest BCUT2D eigenvalue weighted by Crippen LogP contribution is 2.32. The molecule has 2 N–H and O–H groups in total. The van der Waals surface area contributed by atoms with Crippen LogP contribution in [-0.2, 0) is 0 Å². The van der Waals surface area contributed by atoms with E-state index in [-0.39, 0.29) is 16.8 Å². The number of pyridine rings is 1. The van der Waals surface area contributed by atoms with Crippen LogP contribution in [0, 0.1) is 17.1 Å². The van der Waals surface area contributed by atoms with Crippen LogP contribution < -0.4 is 10.5 Å². The second-order valence-corrected chi connectivity index (χ2v) is 3.17. The fraction of sp³-hybridized carbons (Fsp3) is 0.0909. The van der Waals surface area contributed by atoms with Gasteiger partial charge in [-0.25, -0.2) is 4.39 Å². The van der Waals surface area contributed by atoms with Crippen molar-refractivity contribution in [3.8, 4) is 11.8 Å². The number of benzene rings is 1. The van der Waals surface area contributed by atoms with Gasteiger partial charge in [-0.05, 0) is 12.1 Å². The summed E-state index contributed by atoms with van der Waals surface area (Å²) >= 11 is 0. The Kier molecular flexibility index (Phi) is 2.33. The van der Waals surface area contributed by atoms with Crippen LogP contribution in [0.1, 0.15) is 5.56 Å². The number of nitriles is 1. The van der Waals surface area contributed by atoms with E-state index in [1.165, 1.54) is 25.4 Å². The first-order valence-electron chi connectivity index (χ1n) is 4.49. The van der Waals surface area contributed by atoms with Crippen molar-refractivity contribution in [2.24, 2.45) is 0 Å². The van der Waals surface area contributed by atoms with E-state index >= 15 is 0 Å². The minimum absolute atomic E-state index is 0.107. The Morgan fingerprint density at radius 3 is 2.88 bits per heavy atom. The fourth-order valence-electron chi connectivity index (χ4n) is 1.53. The average Bonchev–Trinajstić information content (AvgIpc) is 2.31.